The molecule has 2 nitrogen and oxygen atoms in total. The summed E-state index contributed by atoms with van der Waals surface area (Å²) in [7, 11) is 0. The van der Waals surface area contributed by atoms with Crippen LogP contribution in [0.4, 0.5) is 5.69 Å². The van der Waals surface area contributed by atoms with Crippen LogP contribution in [0.25, 0.3) is 0 Å². The van der Waals surface area contributed by atoms with Gasteiger partial charge in [-0.3, -0.25) is 0 Å². The monoisotopic (exact) mass is 404 g/mol. The van der Waals surface area contributed by atoms with Gasteiger partial charge in [0.05, 0.1) is 0 Å². The zero-order valence-corrected chi connectivity index (χ0v) is 19.2. The lowest BCUT2D eigenvalue weighted by atomic mass is 10.0. The van der Waals surface area contributed by atoms with Crippen molar-refractivity contribution >= 4 is 23.0 Å². The van der Waals surface area contributed by atoms with E-state index in [1.54, 1.807) is 0 Å². The Hall–Kier alpha value is -1.09. The van der Waals surface area contributed by atoms with Crippen LogP contribution < -0.4 is 10.6 Å². The number of unbranched alkanes of at least 4 members (excludes halogenated alkanes) is 15. The summed E-state index contributed by atoms with van der Waals surface area (Å²) < 4.78 is 0. The van der Waals surface area contributed by atoms with E-state index in [0.29, 0.717) is 5.11 Å². The summed E-state index contributed by atoms with van der Waals surface area (Å²) in [5.41, 5.74) is 7.00. The molecule has 0 aliphatic carbocycles. The van der Waals surface area contributed by atoms with Crippen LogP contribution in [-0.2, 0) is 0 Å². The van der Waals surface area contributed by atoms with Crippen LogP contribution in [-0.4, -0.2) is 11.7 Å². The van der Waals surface area contributed by atoms with Crippen LogP contribution in [0.15, 0.2) is 30.3 Å². The van der Waals surface area contributed by atoms with E-state index in [1.807, 2.05) is 18.2 Å². The van der Waals surface area contributed by atoms with Crippen molar-refractivity contribution in [2.45, 2.75) is 110 Å². The van der Waals surface area contributed by atoms with Crippen molar-refractivity contribution in [2.24, 2.45) is 5.73 Å². The first-order valence-electron chi connectivity index (χ1n) is 11.9. The Morgan fingerprint density at radius 3 is 1.46 bits per heavy atom. The normalized spacial score (nSPS) is 10.9. The fraction of sp³-hybridized carbons (Fsp3) is 0.720. The predicted molar refractivity (Wildman–Crippen MR) is 130 cm³/mol. The van der Waals surface area contributed by atoms with Crippen molar-refractivity contribution in [1.29, 1.82) is 0 Å². The lowest BCUT2D eigenvalue weighted by Gasteiger charge is -2.22. The highest BCUT2D eigenvalue weighted by atomic mass is 32.1. The maximum atomic E-state index is 5.89. The van der Waals surface area contributed by atoms with E-state index in [4.69, 9.17) is 18.0 Å². The third-order valence-electron chi connectivity index (χ3n) is 5.57. The molecule has 2 N–H and O–H groups in total. The summed E-state index contributed by atoms with van der Waals surface area (Å²) in [6, 6.07) is 10.2. The molecule has 0 bridgehead atoms. The fourth-order valence-electron chi connectivity index (χ4n) is 3.79. The SMILES string of the molecule is CCCCCCCCCCCCCCCCCCN(C(N)=S)c1ccccc1. The van der Waals surface area contributed by atoms with Crippen molar-refractivity contribution in [3.63, 3.8) is 0 Å². The molecular weight excluding hydrogens is 360 g/mol. The highest BCUT2D eigenvalue weighted by molar-refractivity contribution is 7.80. The smallest absolute Gasteiger partial charge is 0.170 e. The molecule has 0 saturated carbocycles. The van der Waals surface area contributed by atoms with Crippen molar-refractivity contribution in [1.82, 2.24) is 0 Å². The predicted octanol–water partition coefficient (Wildman–Crippen LogP) is 8.00. The largest absolute Gasteiger partial charge is 0.376 e. The van der Waals surface area contributed by atoms with Gasteiger partial charge in [-0.15, -0.1) is 0 Å². The molecule has 0 saturated heterocycles. The van der Waals surface area contributed by atoms with Gasteiger partial charge in [-0.2, -0.15) is 0 Å². The van der Waals surface area contributed by atoms with E-state index < -0.39 is 0 Å². The van der Waals surface area contributed by atoms with Crippen molar-refractivity contribution in [3.8, 4) is 0 Å². The molecule has 0 atom stereocenters. The highest BCUT2D eigenvalue weighted by Gasteiger charge is 2.07. The third kappa shape index (κ3) is 13.1. The number of nitrogens with zero attached hydrogens (tertiary/aromatic N) is 1. The lowest BCUT2D eigenvalue weighted by molar-refractivity contribution is 0.530. The van der Waals surface area contributed by atoms with Gasteiger partial charge in [0.25, 0.3) is 0 Å². The Kier molecular flexibility index (Phi) is 16.0. The van der Waals surface area contributed by atoms with Crippen molar-refractivity contribution < 1.29 is 0 Å². The minimum absolute atomic E-state index is 0.479. The molecule has 28 heavy (non-hydrogen) atoms. The van der Waals surface area contributed by atoms with E-state index in [2.05, 4.69) is 24.0 Å². The zero-order valence-electron chi connectivity index (χ0n) is 18.3. The van der Waals surface area contributed by atoms with E-state index in [0.717, 1.165) is 18.7 Å². The molecule has 160 valence electrons. The topological polar surface area (TPSA) is 29.3 Å². The number of hydrogen-bond acceptors (Lipinski definition) is 1. The van der Waals surface area contributed by atoms with E-state index >= 15 is 0 Å². The Bertz CT molecular complexity index is 475. The van der Waals surface area contributed by atoms with Crippen LogP contribution in [0.3, 0.4) is 0 Å². The van der Waals surface area contributed by atoms with Crippen molar-refractivity contribution in [3.05, 3.63) is 30.3 Å². The Labute approximate surface area is 180 Å². The van der Waals surface area contributed by atoms with Gasteiger partial charge in [0, 0.05) is 12.2 Å². The molecule has 0 amide bonds. The first-order valence-corrected chi connectivity index (χ1v) is 12.3. The molecule has 0 spiro atoms. The van der Waals surface area contributed by atoms with E-state index in [9.17, 15) is 0 Å². The quantitative estimate of drug-likeness (QED) is 0.198. The van der Waals surface area contributed by atoms with E-state index in [1.165, 1.54) is 96.3 Å². The summed E-state index contributed by atoms with van der Waals surface area (Å²) in [4.78, 5) is 2.05. The molecule has 1 aromatic carbocycles. The van der Waals surface area contributed by atoms with Gasteiger partial charge < -0.3 is 10.6 Å². The highest BCUT2D eigenvalue weighted by Crippen LogP contribution is 2.16. The molecule has 0 heterocycles. The number of benzene rings is 1. The second-order valence-corrected chi connectivity index (χ2v) is 8.55. The number of anilines is 1. The Morgan fingerprint density at radius 1 is 0.679 bits per heavy atom. The molecule has 1 aromatic rings. The minimum atomic E-state index is 0.479. The summed E-state index contributed by atoms with van der Waals surface area (Å²) in [6.45, 7) is 3.22. The van der Waals surface area contributed by atoms with Crippen LogP contribution >= 0.6 is 12.2 Å². The van der Waals surface area contributed by atoms with E-state index in [-0.39, 0.29) is 0 Å². The molecule has 0 unspecified atom stereocenters. The van der Waals surface area contributed by atoms with Crippen LogP contribution in [0.2, 0.25) is 0 Å². The number of nitrogens with two attached hydrogens (primary N) is 1. The summed E-state index contributed by atoms with van der Waals surface area (Å²) >= 11 is 5.21. The average molecular weight is 405 g/mol. The molecule has 0 radical (unpaired) electrons. The van der Waals surface area contributed by atoms with Crippen LogP contribution in [0.5, 0.6) is 0 Å². The minimum Gasteiger partial charge on any atom is -0.376 e. The second-order valence-electron chi connectivity index (χ2n) is 8.13. The van der Waals surface area contributed by atoms with Gasteiger partial charge in [0.2, 0.25) is 0 Å². The molecule has 0 aliphatic rings. The summed E-state index contributed by atoms with van der Waals surface area (Å²) in [5.74, 6) is 0. The standard InChI is InChI=1S/C25H44N2S/c1-2-3-4-5-6-7-8-9-10-11-12-13-14-15-16-20-23-27(25(26)28)24-21-18-17-19-22-24/h17-19,21-22H,2-16,20,23H2,1H3,(H2,26,28). The number of hydrogen-bond donors (Lipinski definition) is 1. The first-order chi connectivity index (χ1) is 13.8. The molecule has 0 aromatic heterocycles. The lowest BCUT2D eigenvalue weighted by Crippen LogP contribution is -2.36. The van der Waals surface area contributed by atoms with Crippen LogP contribution in [0, 0.1) is 0 Å². The van der Waals surface area contributed by atoms with Gasteiger partial charge >= 0.3 is 0 Å². The van der Waals surface area contributed by atoms with Gasteiger partial charge in [-0.05, 0) is 30.8 Å². The first kappa shape index (κ1) is 24.9. The number of rotatable bonds is 18. The molecule has 1 rings (SSSR count). The summed E-state index contributed by atoms with van der Waals surface area (Å²) in [6.07, 6.45) is 22.3. The Morgan fingerprint density at radius 2 is 1.07 bits per heavy atom. The third-order valence-corrected chi connectivity index (χ3v) is 5.79. The van der Waals surface area contributed by atoms with Gasteiger partial charge in [-0.25, -0.2) is 0 Å². The number of para-hydroxylation sites is 1. The van der Waals surface area contributed by atoms with Crippen LogP contribution in [0.1, 0.15) is 110 Å². The van der Waals surface area contributed by atoms with Crippen molar-refractivity contribution in [2.75, 3.05) is 11.4 Å². The average Bonchev–Trinajstić information content (AvgIpc) is 2.70. The van der Waals surface area contributed by atoms with Gasteiger partial charge in [0.1, 0.15) is 0 Å². The fourth-order valence-corrected chi connectivity index (χ4v) is 3.99. The second kappa shape index (κ2) is 18.0. The summed E-state index contributed by atoms with van der Waals surface area (Å²) in [5, 5.41) is 0.479. The van der Waals surface area contributed by atoms with Gasteiger partial charge in [-0.1, -0.05) is 121 Å². The molecule has 0 aliphatic heterocycles. The van der Waals surface area contributed by atoms with Gasteiger partial charge in [0.15, 0.2) is 5.11 Å². The maximum Gasteiger partial charge on any atom is 0.170 e. The maximum absolute atomic E-state index is 5.89. The Balaban J connectivity index is 1.88. The molecular formula is C25H44N2S. The molecule has 3 heteroatoms. The molecule has 0 fully saturated rings. The zero-order chi connectivity index (χ0) is 20.3. The number of thiocarbonyl (C=S) groups is 1.